The number of nitrogens with zero attached hydrogens (tertiary/aromatic N) is 1. The van der Waals surface area contributed by atoms with Crippen LogP contribution in [0.2, 0.25) is 0 Å². The van der Waals surface area contributed by atoms with Gasteiger partial charge in [0.15, 0.2) is 0 Å². The van der Waals surface area contributed by atoms with E-state index in [1.807, 2.05) is 0 Å². The standard InChI is InChI=1S/C13H26N2O3/c1-13(14-2,12(16)17)6-7-15(3)10-11-4-8-18-9-5-11/h11,14H,4-10H2,1-3H3,(H,16,17). The monoisotopic (exact) mass is 258 g/mol. The fourth-order valence-electron chi connectivity index (χ4n) is 2.21. The molecule has 106 valence electrons. The molecule has 0 saturated carbocycles. The lowest BCUT2D eigenvalue weighted by molar-refractivity contribution is -0.144. The molecular weight excluding hydrogens is 232 g/mol. The van der Waals surface area contributed by atoms with Crippen molar-refractivity contribution in [1.82, 2.24) is 10.2 Å². The van der Waals surface area contributed by atoms with Crippen LogP contribution in [0.4, 0.5) is 0 Å². The highest BCUT2D eigenvalue weighted by Crippen LogP contribution is 2.16. The van der Waals surface area contributed by atoms with Crippen molar-refractivity contribution in [3.8, 4) is 0 Å². The highest BCUT2D eigenvalue weighted by molar-refractivity contribution is 5.78. The van der Waals surface area contributed by atoms with Crippen molar-refractivity contribution in [1.29, 1.82) is 0 Å². The largest absolute Gasteiger partial charge is 0.480 e. The lowest BCUT2D eigenvalue weighted by Gasteiger charge is -2.30. The summed E-state index contributed by atoms with van der Waals surface area (Å²) in [5, 5.41) is 12.1. The number of aliphatic carboxylic acids is 1. The van der Waals surface area contributed by atoms with Gasteiger partial charge >= 0.3 is 5.97 Å². The summed E-state index contributed by atoms with van der Waals surface area (Å²) in [6.45, 7) is 5.28. The number of carbonyl (C=O) groups is 1. The highest BCUT2D eigenvalue weighted by atomic mass is 16.5. The Morgan fingerprint density at radius 3 is 2.61 bits per heavy atom. The van der Waals surface area contributed by atoms with Gasteiger partial charge in [-0.15, -0.1) is 0 Å². The van der Waals surface area contributed by atoms with E-state index >= 15 is 0 Å². The van der Waals surface area contributed by atoms with E-state index in [9.17, 15) is 4.79 Å². The van der Waals surface area contributed by atoms with Crippen molar-refractivity contribution in [2.75, 3.05) is 40.4 Å². The van der Waals surface area contributed by atoms with Crippen molar-refractivity contribution < 1.29 is 14.6 Å². The van der Waals surface area contributed by atoms with Gasteiger partial charge in [-0.05, 0) is 46.2 Å². The van der Waals surface area contributed by atoms with Crippen LogP contribution in [0, 0.1) is 5.92 Å². The number of carboxylic acids is 1. The Bertz CT molecular complexity index is 267. The third-order valence-corrected chi connectivity index (χ3v) is 3.93. The molecule has 1 heterocycles. The van der Waals surface area contributed by atoms with Gasteiger partial charge in [-0.3, -0.25) is 4.79 Å². The Balaban J connectivity index is 2.31. The fraction of sp³-hybridized carbons (Fsp3) is 0.923. The van der Waals surface area contributed by atoms with Gasteiger partial charge in [0.2, 0.25) is 0 Å². The molecule has 1 aliphatic heterocycles. The molecule has 1 aliphatic rings. The number of hydrogen-bond donors (Lipinski definition) is 2. The summed E-state index contributed by atoms with van der Waals surface area (Å²) in [7, 11) is 3.76. The first-order valence-corrected chi connectivity index (χ1v) is 6.66. The first-order chi connectivity index (χ1) is 8.48. The maximum Gasteiger partial charge on any atom is 0.323 e. The number of likely N-dealkylation sites (N-methyl/N-ethyl adjacent to an activating group) is 1. The Kier molecular flexibility index (Phi) is 6.05. The second kappa shape index (κ2) is 7.07. The summed E-state index contributed by atoms with van der Waals surface area (Å²) in [5.74, 6) is -0.0983. The lowest BCUT2D eigenvalue weighted by atomic mass is 9.96. The third-order valence-electron chi connectivity index (χ3n) is 3.93. The van der Waals surface area contributed by atoms with E-state index in [-0.39, 0.29) is 0 Å². The van der Waals surface area contributed by atoms with Crippen molar-refractivity contribution in [3.05, 3.63) is 0 Å². The molecule has 1 saturated heterocycles. The zero-order valence-corrected chi connectivity index (χ0v) is 11.7. The molecule has 1 atom stereocenters. The Morgan fingerprint density at radius 2 is 2.11 bits per heavy atom. The predicted molar refractivity (Wildman–Crippen MR) is 70.8 cm³/mol. The Hall–Kier alpha value is -0.650. The second-order valence-electron chi connectivity index (χ2n) is 5.46. The summed E-state index contributed by atoms with van der Waals surface area (Å²) >= 11 is 0. The summed E-state index contributed by atoms with van der Waals surface area (Å²) in [5.41, 5.74) is -0.829. The molecule has 0 amide bonds. The first-order valence-electron chi connectivity index (χ1n) is 6.66. The topological polar surface area (TPSA) is 61.8 Å². The fourth-order valence-corrected chi connectivity index (χ4v) is 2.21. The molecule has 0 aliphatic carbocycles. The van der Waals surface area contributed by atoms with Gasteiger partial charge in [-0.25, -0.2) is 0 Å². The van der Waals surface area contributed by atoms with E-state index in [0.717, 1.165) is 39.1 Å². The minimum atomic E-state index is -0.829. The van der Waals surface area contributed by atoms with Gasteiger partial charge in [-0.2, -0.15) is 0 Å². The van der Waals surface area contributed by atoms with E-state index < -0.39 is 11.5 Å². The van der Waals surface area contributed by atoms with Gasteiger partial charge < -0.3 is 20.1 Å². The van der Waals surface area contributed by atoms with Crippen molar-refractivity contribution in [2.45, 2.75) is 31.7 Å². The zero-order chi connectivity index (χ0) is 13.6. The summed E-state index contributed by atoms with van der Waals surface area (Å²) < 4.78 is 5.34. The average Bonchev–Trinajstić information content (AvgIpc) is 2.37. The molecule has 1 unspecified atom stereocenters. The van der Waals surface area contributed by atoms with Crippen LogP contribution in [0.3, 0.4) is 0 Å². The van der Waals surface area contributed by atoms with E-state index in [0.29, 0.717) is 12.3 Å². The summed E-state index contributed by atoms with van der Waals surface area (Å²) in [6.07, 6.45) is 2.84. The van der Waals surface area contributed by atoms with Gasteiger partial charge in [0.05, 0.1) is 0 Å². The molecule has 5 nitrogen and oxygen atoms in total. The van der Waals surface area contributed by atoms with Crippen LogP contribution in [0.15, 0.2) is 0 Å². The zero-order valence-electron chi connectivity index (χ0n) is 11.7. The molecule has 0 bridgehead atoms. The van der Waals surface area contributed by atoms with Crippen LogP contribution < -0.4 is 5.32 Å². The summed E-state index contributed by atoms with van der Waals surface area (Å²) in [4.78, 5) is 13.4. The van der Waals surface area contributed by atoms with E-state index in [4.69, 9.17) is 9.84 Å². The normalized spacial score (nSPS) is 20.9. The molecule has 0 radical (unpaired) electrons. The minimum Gasteiger partial charge on any atom is -0.480 e. The molecule has 18 heavy (non-hydrogen) atoms. The van der Waals surface area contributed by atoms with Crippen molar-refractivity contribution in [3.63, 3.8) is 0 Å². The molecule has 1 fully saturated rings. The smallest absolute Gasteiger partial charge is 0.323 e. The maximum absolute atomic E-state index is 11.2. The second-order valence-corrected chi connectivity index (χ2v) is 5.46. The highest BCUT2D eigenvalue weighted by Gasteiger charge is 2.31. The lowest BCUT2D eigenvalue weighted by Crippen LogP contribution is -2.49. The number of nitrogens with one attached hydrogen (secondary N) is 1. The Labute approximate surface area is 109 Å². The quantitative estimate of drug-likeness (QED) is 0.707. The summed E-state index contributed by atoms with van der Waals surface area (Å²) in [6, 6.07) is 0. The Morgan fingerprint density at radius 1 is 1.50 bits per heavy atom. The first kappa shape index (κ1) is 15.4. The van der Waals surface area contributed by atoms with Crippen LogP contribution in [-0.4, -0.2) is 61.9 Å². The molecule has 0 aromatic rings. The van der Waals surface area contributed by atoms with Gasteiger partial charge in [0.1, 0.15) is 5.54 Å². The number of ether oxygens (including phenoxy) is 1. The predicted octanol–water partition coefficient (Wildman–Crippen LogP) is 0.798. The molecule has 2 N–H and O–H groups in total. The van der Waals surface area contributed by atoms with E-state index in [1.54, 1.807) is 14.0 Å². The molecule has 1 rings (SSSR count). The third kappa shape index (κ3) is 4.55. The number of hydrogen-bond acceptors (Lipinski definition) is 4. The maximum atomic E-state index is 11.2. The van der Waals surface area contributed by atoms with E-state index in [2.05, 4.69) is 17.3 Å². The van der Waals surface area contributed by atoms with Gasteiger partial charge in [-0.1, -0.05) is 0 Å². The van der Waals surface area contributed by atoms with Crippen molar-refractivity contribution >= 4 is 5.97 Å². The van der Waals surface area contributed by atoms with Crippen LogP contribution in [0.5, 0.6) is 0 Å². The molecular formula is C13H26N2O3. The van der Waals surface area contributed by atoms with Gasteiger partial charge in [0.25, 0.3) is 0 Å². The van der Waals surface area contributed by atoms with Gasteiger partial charge in [0, 0.05) is 26.3 Å². The minimum absolute atomic E-state index is 0.610. The van der Waals surface area contributed by atoms with E-state index in [1.165, 1.54) is 0 Å². The van der Waals surface area contributed by atoms with Crippen LogP contribution in [-0.2, 0) is 9.53 Å². The molecule has 0 spiro atoms. The van der Waals surface area contributed by atoms with Crippen LogP contribution >= 0.6 is 0 Å². The number of carboxylic acid groups (broad SMARTS) is 1. The van der Waals surface area contributed by atoms with Crippen LogP contribution in [0.1, 0.15) is 26.2 Å². The molecule has 0 aromatic heterocycles. The number of rotatable bonds is 7. The average molecular weight is 258 g/mol. The molecule has 0 aromatic carbocycles. The SMILES string of the molecule is CNC(C)(CCN(C)CC1CCOCC1)C(=O)O. The van der Waals surface area contributed by atoms with Crippen molar-refractivity contribution in [2.24, 2.45) is 5.92 Å². The van der Waals surface area contributed by atoms with Crippen LogP contribution in [0.25, 0.3) is 0 Å². The molecule has 5 heteroatoms.